The largest absolute Gasteiger partial charge is 0.316 e. The zero-order valence-electron chi connectivity index (χ0n) is 12.0. The fraction of sp³-hybridized carbons (Fsp3) is 1.00. The highest BCUT2D eigenvalue weighted by molar-refractivity contribution is 4.91. The highest BCUT2D eigenvalue weighted by Gasteiger charge is 2.36. The Kier molecular flexibility index (Phi) is 4.48. The second kappa shape index (κ2) is 5.71. The zero-order valence-corrected chi connectivity index (χ0v) is 12.0. The first-order valence-corrected chi connectivity index (χ1v) is 7.62. The monoisotopic (exact) mass is 238 g/mol. The van der Waals surface area contributed by atoms with Gasteiger partial charge in [0.2, 0.25) is 0 Å². The van der Waals surface area contributed by atoms with Gasteiger partial charge in [0.1, 0.15) is 0 Å². The summed E-state index contributed by atoms with van der Waals surface area (Å²) < 4.78 is 0. The van der Waals surface area contributed by atoms with Gasteiger partial charge in [0, 0.05) is 19.1 Å². The van der Waals surface area contributed by atoms with E-state index < -0.39 is 0 Å². The van der Waals surface area contributed by atoms with E-state index >= 15 is 0 Å². The lowest BCUT2D eigenvalue weighted by atomic mass is 9.77. The van der Waals surface area contributed by atoms with Crippen molar-refractivity contribution < 1.29 is 0 Å². The maximum Gasteiger partial charge on any atom is 0.0119 e. The van der Waals surface area contributed by atoms with Crippen molar-refractivity contribution in [2.45, 2.75) is 58.9 Å². The van der Waals surface area contributed by atoms with Crippen molar-refractivity contribution in [1.29, 1.82) is 0 Å². The third-order valence-corrected chi connectivity index (χ3v) is 5.03. The predicted octanol–water partition coefficient (Wildman–Crippen LogP) is 2.89. The molecule has 2 atom stereocenters. The van der Waals surface area contributed by atoms with Crippen LogP contribution in [0.2, 0.25) is 0 Å². The fourth-order valence-electron chi connectivity index (χ4n) is 3.81. The molecule has 2 unspecified atom stereocenters. The summed E-state index contributed by atoms with van der Waals surface area (Å²) in [4.78, 5) is 2.79. The highest BCUT2D eigenvalue weighted by Crippen LogP contribution is 2.34. The smallest absolute Gasteiger partial charge is 0.0119 e. The molecule has 0 saturated carbocycles. The van der Waals surface area contributed by atoms with E-state index in [9.17, 15) is 0 Å². The van der Waals surface area contributed by atoms with E-state index in [2.05, 4.69) is 31.0 Å². The van der Waals surface area contributed by atoms with Crippen molar-refractivity contribution in [2.24, 2.45) is 11.3 Å². The maximum absolute atomic E-state index is 3.62. The SMILES string of the molecule is CCC1(CN2CCCC2C(C)C)CCCNC1. The Hall–Kier alpha value is -0.0800. The number of rotatable bonds is 4. The summed E-state index contributed by atoms with van der Waals surface area (Å²) in [5.74, 6) is 0.822. The average Bonchev–Trinajstić information content (AvgIpc) is 2.78. The summed E-state index contributed by atoms with van der Waals surface area (Å²) in [5.41, 5.74) is 0.565. The lowest BCUT2D eigenvalue weighted by molar-refractivity contribution is 0.0896. The molecular formula is C15H30N2. The minimum atomic E-state index is 0.565. The Morgan fingerprint density at radius 1 is 1.35 bits per heavy atom. The number of nitrogens with one attached hydrogen (secondary N) is 1. The third-order valence-electron chi connectivity index (χ3n) is 5.03. The minimum absolute atomic E-state index is 0.565. The highest BCUT2D eigenvalue weighted by atomic mass is 15.2. The van der Waals surface area contributed by atoms with E-state index in [4.69, 9.17) is 0 Å². The standard InChI is InChI=1S/C15H30N2/c1-4-15(8-6-9-16-11-15)12-17-10-5-7-14(17)13(2)3/h13-14,16H,4-12H2,1-3H3. The summed E-state index contributed by atoms with van der Waals surface area (Å²) >= 11 is 0. The molecule has 0 aromatic rings. The average molecular weight is 238 g/mol. The van der Waals surface area contributed by atoms with Crippen LogP contribution in [0.5, 0.6) is 0 Å². The van der Waals surface area contributed by atoms with Gasteiger partial charge in [-0.05, 0) is 56.5 Å². The molecule has 0 amide bonds. The molecule has 2 heteroatoms. The number of hydrogen-bond donors (Lipinski definition) is 1. The van der Waals surface area contributed by atoms with Gasteiger partial charge in [0.25, 0.3) is 0 Å². The minimum Gasteiger partial charge on any atom is -0.316 e. The molecule has 0 spiro atoms. The van der Waals surface area contributed by atoms with Crippen LogP contribution in [0.15, 0.2) is 0 Å². The molecule has 1 N–H and O–H groups in total. The van der Waals surface area contributed by atoms with Crippen LogP contribution in [-0.2, 0) is 0 Å². The maximum atomic E-state index is 3.62. The molecule has 0 aromatic heterocycles. The van der Waals surface area contributed by atoms with E-state index in [0.29, 0.717) is 5.41 Å². The molecule has 2 heterocycles. The Balaban J connectivity index is 1.97. The lowest BCUT2D eigenvalue weighted by Gasteiger charge is -2.42. The van der Waals surface area contributed by atoms with E-state index in [1.54, 1.807) is 0 Å². The zero-order chi connectivity index (χ0) is 12.3. The molecule has 0 bridgehead atoms. The van der Waals surface area contributed by atoms with Crippen LogP contribution in [0.4, 0.5) is 0 Å². The Morgan fingerprint density at radius 3 is 2.76 bits per heavy atom. The van der Waals surface area contributed by atoms with Crippen molar-refractivity contribution >= 4 is 0 Å². The number of likely N-dealkylation sites (tertiary alicyclic amines) is 1. The van der Waals surface area contributed by atoms with E-state index in [1.807, 2.05) is 0 Å². The third kappa shape index (κ3) is 3.03. The molecule has 17 heavy (non-hydrogen) atoms. The van der Waals surface area contributed by atoms with Crippen LogP contribution >= 0.6 is 0 Å². The van der Waals surface area contributed by atoms with E-state index in [1.165, 1.54) is 58.3 Å². The van der Waals surface area contributed by atoms with Gasteiger partial charge in [-0.25, -0.2) is 0 Å². The fourth-order valence-corrected chi connectivity index (χ4v) is 3.81. The molecular weight excluding hydrogens is 208 g/mol. The Morgan fingerprint density at radius 2 is 2.18 bits per heavy atom. The molecule has 2 nitrogen and oxygen atoms in total. The van der Waals surface area contributed by atoms with Gasteiger partial charge in [-0.1, -0.05) is 20.8 Å². The molecule has 2 fully saturated rings. The summed E-state index contributed by atoms with van der Waals surface area (Å²) in [6.45, 7) is 12.3. The van der Waals surface area contributed by atoms with E-state index in [0.717, 1.165) is 12.0 Å². The quantitative estimate of drug-likeness (QED) is 0.810. The summed E-state index contributed by atoms with van der Waals surface area (Å²) in [7, 11) is 0. The number of piperidine rings is 1. The first-order valence-electron chi connectivity index (χ1n) is 7.62. The van der Waals surface area contributed by atoms with Gasteiger partial charge in [-0.3, -0.25) is 4.90 Å². The number of nitrogens with zero attached hydrogens (tertiary/aromatic N) is 1. The van der Waals surface area contributed by atoms with Crippen LogP contribution < -0.4 is 5.32 Å². The van der Waals surface area contributed by atoms with Crippen molar-refractivity contribution in [1.82, 2.24) is 10.2 Å². The van der Waals surface area contributed by atoms with Gasteiger partial charge in [0.05, 0.1) is 0 Å². The van der Waals surface area contributed by atoms with Crippen molar-refractivity contribution in [3.63, 3.8) is 0 Å². The molecule has 2 aliphatic rings. The van der Waals surface area contributed by atoms with Gasteiger partial charge < -0.3 is 5.32 Å². The Bertz CT molecular complexity index is 231. The summed E-state index contributed by atoms with van der Waals surface area (Å²) in [5, 5.41) is 3.62. The summed E-state index contributed by atoms with van der Waals surface area (Å²) in [6, 6.07) is 0.848. The van der Waals surface area contributed by atoms with Crippen LogP contribution in [0, 0.1) is 11.3 Å². The molecule has 2 aliphatic heterocycles. The summed E-state index contributed by atoms with van der Waals surface area (Å²) in [6.07, 6.45) is 6.97. The lowest BCUT2D eigenvalue weighted by Crippen LogP contribution is -2.49. The molecule has 0 aliphatic carbocycles. The normalized spacial score (nSPS) is 35.6. The Labute approximate surface area is 107 Å². The second-order valence-electron chi connectivity index (χ2n) is 6.56. The van der Waals surface area contributed by atoms with Crippen LogP contribution in [0.25, 0.3) is 0 Å². The van der Waals surface area contributed by atoms with Gasteiger partial charge in [-0.2, -0.15) is 0 Å². The number of hydrogen-bond acceptors (Lipinski definition) is 2. The van der Waals surface area contributed by atoms with Gasteiger partial charge in [0.15, 0.2) is 0 Å². The molecule has 100 valence electrons. The first-order chi connectivity index (χ1) is 8.17. The van der Waals surface area contributed by atoms with Crippen LogP contribution in [-0.4, -0.2) is 37.1 Å². The molecule has 0 radical (unpaired) electrons. The van der Waals surface area contributed by atoms with Crippen molar-refractivity contribution in [3.05, 3.63) is 0 Å². The van der Waals surface area contributed by atoms with Crippen LogP contribution in [0.1, 0.15) is 52.9 Å². The van der Waals surface area contributed by atoms with Crippen molar-refractivity contribution in [3.8, 4) is 0 Å². The first kappa shape index (κ1) is 13.4. The topological polar surface area (TPSA) is 15.3 Å². The van der Waals surface area contributed by atoms with Crippen LogP contribution in [0.3, 0.4) is 0 Å². The molecule has 2 rings (SSSR count). The van der Waals surface area contributed by atoms with Gasteiger partial charge in [-0.15, -0.1) is 0 Å². The predicted molar refractivity (Wildman–Crippen MR) is 74.3 cm³/mol. The molecule has 2 saturated heterocycles. The molecule has 0 aromatic carbocycles. The second-order valence-corrected chi connectivity index (χ2v) is 6.56. The van der Waals surface area contributed by atoms with E-state index in [-0.39, 0.29) is 0 Å². The van der Waals surface area contributed by atoms with Gasteiger partial charge >= 0.3 is 0 Å². The van der Waals surface area contributed by atoms with Crippen molar-refractivity contribution in [2.75, 3.05) is 26.2 Å².